The van der Waals surface area contributed by atoms with E-state index in [9.17, 15) is 0 Å². The Hall–Kier alpha value is -0.460. The molecule has 0 spiro atoms. The molecule has 0 fully saturated rings. The van der Waals surface area contributed by atoms with Gasteiger partial charge in [0, 0.05) is 4.88 Å². The van der Waals surface area contributed by atoms with Gasteiger partial charge in [-0.15, -0.1) is 11.3 Å². The maximum Gasteiger partial charge on any atom is 0.0605 e. The van der Waals surface area contributed by atoms with Crippen LogP contribution in [0.5, 0.6) is 0 Å². The van der Waals surface area contributed by atoms with Crippen LogP contribution in [0.4, 0.5) is 0 Å². The van der Waals surface area contributed by atoms with Gasteiger partial charge in [-0.25, -0.2) is 0 Å². The lowest BCUT2D eigenvalue weighted by molar-refractivity contribution is 0.194. The average Bonchev–Trinajstić information content (AvgIpc) is 2.71. The van der Waals surface area contributed by atoms with Crippen molar-refractivity contribution in [3.63, 3.8) is 0 Å². The molecule has 0 radical (unpaired) electrons. The Bertz CT molecular complexity index is 201. The van der Waals surface area contributed by atoms with E-state index >= 15 is 0 Å². The highest BCUT2D eigenvalue weighted by Gasteiger charge is 1.91. The lowest BCUT2D eigenvalue weighted by atomic mass is 10.3. The van der Waals surface area contributed by atoms with Crippen LogP contribution in [-0.2, 0) is 6.42 Å². The first-order valence-electron chi connectivity index (χ1n) is 4.44. The maximum absolute atomic E-state index is 8.05. The van der Waals surface area contributed by atoms with E-state index in [1.54, 1.807) is 11.3 Å². The van der Waals surface area contributed by atoms with Crippen molar-refractivity contribution in [3.8, 4) is 0 Å². The second-order valence-electron chi connectivity index (χ2n) is 2.74. The summed E-state index contributed by atoms with van der Waals surface area (Å²) in [6, 6.07) is 3.71. The van der Waals surface area contributed by atoms with E-state index in [1.807, 2.05) is 0 Å². The van der Waals surface area contributed by atoms with Crippen LogP contribution in [0.25, 0.3) is 0 Å². The summed E-state index contributed by atoms with van der Waals surface area (Å²) in [5.41, 5.74) is 10.3. The highest BCUT2D eigenvalue weighted by Crippen LogP contribution is 2.07. The zero-order valence-corrected chi connectivity index (χ0v) is 8.91. The average molecular weight is 218 g/mol. The van der Waals surface area contributed by atoms with Gasteiger partial charge in [0.05, 0.1) is 19.3 Å². The Balaban J connectivity index is 0.000000255. The molecule has 14 heavy (non-hydrogen) atoms. The van der Waals surface area contributed by atoms with E-state index in [2.05, 4.69) is 17.5 Å². The Kier molecular flexibility index (Phi) is 8.81. The summed E-state index contributed by atoms with van der Waals surface area (Å²) in [6.45, 7) is 0.480. The van der Waals surface area contributed by atoms with Gasteiger partial charge in [-0.05, 0) is 24.4 Å². The second-order valence-corrected chi connectivity index (χ2v) is 3.78. The molecule has 5 heteroatoms. The molecule has 1 rings (SSSR count). The first kappa shape index (κ1) is 13.5. The number of nitrogens with two attached hydrogens (primary N) is 2. The fraction of sp³-hybridized carbons (Fsp3) is 0.556. The topological polar surface area (TPSA) is 92.5 Å². The summed E-state index contributed by atoms with van der Waals surface area (Å²) < 4.78 is 0. The molecule has 1 aromatic rings. The van der Waals surface area contributed by atoms with Crippen LogP contribution < -0.4 is 11.5 Å². The van der Waals surface area contributed by atoms with Crippen LogP contribution >= 0.6 is 11.3 Å². The van der Waals surface area contributed by atoms with Crippen LogP contribution in [0.2, 0.25) is 0 Å². The number of hydrogen-bond acceptors (Lipinski definition) is 5. The van der Waals surface area contributed by atoms with Gasteiger partial charge in [0.1, 0.15) is 0 Å². The number of thiophene rings is 1. The summed E-state index contributed by atoms with van der Waals surface area (Å²) in [7, 11) is 0. The Morgan fingerprint density at radius 3 is 2.29 bits per heavy atom. The van der Waals surface area contributed by atoms with Crippen molar-refractivity contribution in [3.05, 3.63) is 22.4 Å². The number of hydrogen-bond donors (Lipinski definition) is 4. The van der Waals surface area contributed by atoms with Gasteiger partial charge < -0.3 is 21.7 Å². The monoisotopic (exact) mass is 218 g/mol. The Morgan fingerprint density at radius 2 is 2.00 bits per heavy atom. The third-order valence-corrected chi connectivity index (χ3v) is 2.38. The fourth-order valence-electron chi connectivity index (χ4n) is 0.655. The van der Waals surface area contributed by atoms with E-state index in [0.29, 0.717) is 0 Å². The molecule has 0 aromatic carbocycles. The molecule has 0 bridgehead atoms. The largest absolute Gasteiger partial charge is 0.395 e. The van der Waals surface area contributed by atoms with Crippen LogP contribution in [0.3, 0.4) is 0 Å². The highest BCUT2D eigenvalue weighted by molar-refractivity contribution is 7.09. The van der Waals surface area contributed by atoms with E-state index in [4.69, 9.17) is 21.7 Å². The fourth-order valence-corrected chi connectivity index (χ4v) is 1.38. The predicted molar refractivity (Wildman–Crippen MR) is 59.2 cm³/mol. The van der Waals surface area contributed by atoms with Gasteiger partial charge in [-0.2, -0.15) is 0 Å². The minimum absolute atomic E-state index is 0.142. The molecule has 0 saturated heterocycles. The lowest BCUT2D eigenvalue weighted by Gasteiger charge is -1.98. The van der Waals surface area contributed by atoms with Gasteiger partial charge >= 0.3 is 0 Å². The molecule has 0 aliphatic carbocycles. The molecule has 4 nitrogen and oxygen atoms in total. The molecule has 1 aromatic heterocycles. The van der Waals surface area contributed by atoms with Gasteiger partial charge in [-0.1, -0.05) is 6.07 Å². The Morgan fingerprint density at radius 1 is 1.36 bits per heavy atom. The van der Waals surface area contributed by atoms with Gasteiger partial charge in [0.15, 0.2) is 0 Å². The highest BCUT2D eigenvalue weighted by atomic mass is 32.1. The minimum Gasteiger partial charge on any atom is -0.395 e. The molecule has 82 valence electrons. The number of aliphatic hydroxyl groups excluding tert-OH is 2. The molecule has 0 atom stereocenters. The second kappa shape index (κ2) is 9.11. The van der Waals surface area contributed by atoms with Gasteiger partial charge in [-0.3, -0.25) is 0 Å². The van der Waals surface area contributed by atoms with Crippen LogP contribution in [0, 0.1) is 0 Å². The van der Waals surface area contributed by atoms with E-state index in [-0.39, 0.29) is 13.2 Å². The van der Waals surface area contributed by atoms with Crippen molar-refractivity contribution in [1.82, 2.24) is 0 Å². The quantitative estimate of drug-likeness (QED) is 0.550. The maximum atomic E-state index is 8.05. The lowest BCUT2D eigenvalue weighted by Crippen LogP contribution is -2.27. The number of aliphatic hydroxyl groups is 2. The zero-order valence-electron chi connectivity index (χ0n) is 8.10. The van der Waals surface area contributed by atoms with E-state index in [1.165, 1.54) is 4.88 Å². The third-order valence-electron chi connectivity index (χ3n) is 1.44. The van der Waals surface area contributed by atoms with Crippen molar-refractivity contribution in [2.45, 2.75) is 12.5 Å². The third kappa shape index (κ3) is 6.99. The molecule has 0 saturated carbocycles. The SMILES string of the molecule is NC(CO)CO.NCCc1cccs1. The van der Waals surface area contributed by atoms with Crippen molar-refractivity contribution in [1.29, 1.82) is 0 Å². The summed E-state index contributed by atoms with van der Waals surface area (Å²) in [6.07, 6.45) is 1.03. The molecule has 0 amide bonds. The van der Waals surface area contributed by atoms with Crippen molar-refractivity contribution in [2.75, 3.05) is 19.8 Å². The number of rotatable bonds is 4. The summed E-state index contributed by atoms with van der Waals surface area (Å²) >= 11 is 1.77. The van der Waals surface area contributed by atoms with Crippen molar-refractivity contribution >= 4 is 11.3 Å². The molecular weight excluding hydrogens is 200 g/mol. The molecule has 1 heterocycles. The normalized spacial score (nSPS) is 9.79. The molecule has 0 aliphatic heterocycles. The van der Waals surface area contributed by atoms with Crippen LogP contribution in [-0.4, -0.2) is 36.0 Å². The zero-order chi connectivity index (χ0) is 10.8. The van der Waals surface area contributed by atoms with Crippen LogP contribution in [0.15, 0.2) is 17.5 Å². The molecule has 0 aliphatic rings. The van der Waals surface area contributed by atoms with Crippen molar-refractivity contribution < 1.29 is 10.2 Å². The summed E-state index contributed by atoms with van der Waals surface area (Å²) in [4.78, 5) is 1.38. The summed E-state index contributed by atoms with van der Waals surface area (Å²) in [5.74, 6) is 0. The van der Waals surface area contributed by atoms with E-state index < -0.39 is 6.04 Å². The first-order valence-corrected chi connectivity index (χ1v) is 5.32. The van der Waals surface area contributed by atoms with Crippen molar-refractivity contribution in [2.24, 2.45) is 11.5 Å². The predicted octanol–water partition coefficient (Wildman–Crippen LogP) is -0.452. The smallest absolute Gasteiger partial charge is 0.0605 e. The Labute approximate surface area is 88.2 Å². The molecule has 6 N–H and O–H groups in total. The summed E-state index contributed by atoms with van der Waals surface area (Å²) in [5, 5.41) is 18.2. The standard InChI is InChI=1S/C6H9NS.C3H9NO2/c7-4-3-6-2-1-5-8-6;4-3(1-5)2-6/h1-2,5H,3-4,7H2;3,5-6H,1-2,4H2. The van der Waals surface area contributed by atoms with Gasteiger partial charge in [0.25, 0.3) is 0 Å². The molecular formula is C9H18N2O2S. The van der Waals surface area contributed by atoms with Gasteiger partial charge in [0.2, 0.25) is 0 Å². The van der Waals surface area contributed by atoms with Crippen LogP contribution in [0.1, 0.15) is 4.88 Å². The molecule has 0 unspecified atom stereocenters. The first-order chi connectivity index (χ1) is 6.74. The van der Waals surface area contributed by atoms with E-state index in [0.717, 1.165) is 13.0 Å². The minimum atomic E-state index is -0.454.